The van der Waals surface area contributed by atoms with Gasteiger partial charge in [0, 0.05) is 12.6 Å². The van der Waals surface area contributed by atoms with E-state index in [1.54, 1.807) is 7.05 Å². The van der Waals surface area contributed by atoms with Gasteiger partial charge >= 0.3 is 0 Å². The quantitative estimate of drug-likeness (QED) is 0.216. The number of likely N-dealkylation sites (N-methyl/N-ethyl adjacent to an activating group) is 1. The Morgan fingerprint density at radius 2 is 2.27 bits per heavy atom. The summed E-state index contributed by atoms with van der Waals surface area (Å²) in [7, 11) is 1.64. The minimum Gasteiger partial charge on any atom is -0.515 e. The van der Waals surface area contributed by atoms with Crippen LogP contribution in [0.2, 0.25) is 0 Å². The molecular formula is C7H9NO2S. The van der Waals surface area contributed by atoms with Crippen LogP contribution >= 0.6 is 12.2 Å². The number of thiocarbonyl (C=S) groups is 1. The van der Waals surface area contributed by atoms with E-state index < -0.39 is 0 Å². The van der Waals surface area contributed by atoms with Crippen LogP contribution in [0.4, 0.5) is 0 Å². The summed E-state index contributed by atoms with van der Waals surface area (Å²) in [5.41, 5.74) is 0.412. The van der Waals surface area contributed by atoms with Gasteiger partial charge in [-0.1, -0.05) is 12.2 Å². The van der Waals surface area contributed by atoms with Gasteiger partial charge in [-0.05, 0) is 12.2 Å². The number of hydrogen-bond donors (Lipinski definition) is 2. The van der Waals surface area contributed by atoms with Gasteiger partial charge in [0.25, 0.3) is 0 Å². The molecule has 11 heavy (non-hydrogen) atoms. The molecule has 2 N–H and O–H groups in total. The molecule has 0 aliphatic heterocycles. The second kappa shape index (κ2) is 5.61. The van der Waals surface area contributed by atoms with Crippen molar-refractivity contribution in [2.45, 2.75) is 0 Å². The minimum absolute atomic E-state index is 0.394. The van der Waals surface area contributed by atoms with Crippen molar-refractivity contribution in [1.82, 2.24) is 5.32 Å². The molecule has 0 heterocycles. The van der Waals surface area contributed by atoms with Gasteiger partial charge in [0.1, 0.15) is 11.3 Å². The topological polar surface area (TPSA) is 49.3 Å². The summed E-state index contributed by atoms with van der Waals surface area (Å²) in [6.07, 6.45) is 4.14. The van der Waals surface area contributed by atoms with Crippen LogP contribution in [0.15, 0.2) is 24.0 Å². The first-order valence-corrected chi connectivity index (χ1v) is 3.35. The van der Waals surface area contributed by atoms with E-state index in [0.29, 0.717) is 16.8 Å². The molecule has 0 atom stereocenters. The molecule has 4 heteroatoms. The van der Waals surface area contributed by atoms with Gasteiger partial charge in [0.2, 0.25) is 0 Å². The third-order valence-corrected chi connectivity index (χ3v) is 1.42. The van der Waals surface area contributed by atoms with E-state index in [2.05, 4.69) is 5.32 Å². The first-order chi connectivity index (χ1) is 5.26. The van der Waals surface area contributed by atoms with Crippen LogP contribution in [0.1, 0.15) is 0 Å². The van der Waals surface area contributed by atoms with Crippen molar-refractivity contribution in [3.05, 3.63) is 24.0 Å². The predicted octanol–water partition coefficient (Wildman–Crippen LogP) is 0.730. The molecule has 0 saturated heterocycles. The van der Waals surface area contributed by atoms with Crippen molar-refractivity contribution in [3.63, 3.8) is 0 Å². The summed E-state index contributed by atoms with van der Waals surface area (Å²) in [6, 6.07) is 0. The summed E-state index contributed by atoms with van der Waals surface area (Å²) in [5, 5.41) is 11.3. The van der Waals surface area contributed by atoms with E-state index in [9.17, 15) is 4.79 Å². The number of allylic oxidation sites excluding steroid dienone is 1. The zero-order chi connectivity index (χ0) is 8.69. The van der Waals surface area contributed by atoms with Crippen molar-refractivity contribution < 1.29 is 9.90 Å². The van der Waals surface area contributed by atoms with E-state index in [1.807, 2.05) is 0 Å². The Labute approximate surface area is 70.4 Å². The van der Waals surface area contributed by atoms with Crippen molar-refractivity contribution in [2.24, 2.45) is 0 Å². The van der Waals surface area contributed by atoms with Gasteiger partial charge in [-0.25, -0.2) is 0 Å². The highest BCUT2D eigenvalue weighted by Gasteiger charge is 1.96. The molecule has 0 aromatic carbocycles. The molecule has 0 aromatic heterocycles. The Kier molecular flexibility index (Phi) is 5.02. The summed E-state index contributed by atoms with van der Waals surface area (Å²) in [5.74, 6) is 0. The zero-order valence-electron chi connectivity index (χ0n) is 6.07. The van der Waals surface area contributed by atoms with Gasteiger partial charge in [0.15, 0.2) is 0 Å². The molecule has 0 aliphatic carbocycles. The molecule has 0 fully saturated rings. The SMILES string of the molecule is CNC(=S)C(=C\O)/C=C/C=O. The second-order valence-corrected chi connectivity index (χ2v) is 2.07. The Hall–Kier alpha value is -1.16. The largest absolute Gasteiger partial charge is 0.515 e. The molecule has 0 unspecified atom stereocenters. The number of carbonyl (C=O) groups is 1. The highest BCUT2D eigenvalue weighted by molar-refractivity contribution is 7.80. The van der Waals surface area contributed by atoms with Crippen LogP contribution in [0, 0.1) is 0 Å². The van der Waals surface area contributed by atoms with E-state index in [0.717, 1.165) is 6.26 Å². The lowest BCUT2D eigenvalue weighted by molar-refractivity contribution is -0.104. The van der Waals surface area contributed by atoms with Crippen molar-refractivity contribution in [1.29, 1.82) is 0 Å². The molecule has 0 aliphatic rings. The normalized spacial score (nSPS) is 11.5. The van der Waals surface area contributed by atoms with E-state index in [1.165, 1.54) is 12.2 Å². The molecule has 0 amide bonds. The number of nitrogens with one attached hydrogen (secondary N) is 1. The first kappa shape index (κ1) is 9.84. The molecule has 0 rings (SSSR count). The fourth-order valence-electron chi connectivity index (χ4n) is 0.465. The predicted molar refractivity (Wildman–Crippen MR) is 47.6 cm³/mol. The fraction of sp³-hybridized carbons (Fsp3) is 0.143. The molecule has 0 spiro atoms. The van der Waals surface area contributed by atoms with Crippen LogP contribution in [-0.2, 0) is 4.79 Å². The molecule has 0 saturated carbocycles. The number of carbonyl (C=O) groups excluding carboxylic acids is 1. The van der Waals surface area contributed by atoms with Gasteiger partial charge in [-0.3, -0.25) is 4.79 Å². The van der Waals surface area contributed by atoms with E-state index in [4.69, 9.17) is 17.3 Å². The van der Waals surface area contributed by atoms with Crippen molar-refractivity contribution in [3.8, 4) is 0 Å². The molecule has 0 aromatic rings. The average molecular weight is 171 g/mol. The fourth-order valence-corrected chi connectivity index (χ4v) is 0.585. The third-order valence-electron chi connectivity index (χ3n) is 0.983. The molecule has 0 radical (unpaired) electrons. The van der Waals surface area contributed by atoms with Crippen LogP contribution < -0.4 is 5.32 Å². The molecule has 60 valence electrons. The first-order valence-electron chi connectivity index (χ1n) is 2.94. The summed E-state index contributed by atoms with van der Waals surface area (Å²) < 4.78 is 0. The molecular weight excluding hydrogens is 162 g/mol. The Morgan fingerprint density at radius 1 is 1.64 bits per heavy atom. The highest BCUT2D eigenvalue weighted by Crippen LogP contribution is 1.96. The minimum atomic E-state index is 0.394. The van der Waals surface area contributed by atoms with E-state index >= 15 is 0 Å². The van der Waals surface area contributed by atoms with Crippen LogP contribution in [0.3, 0.4) is 0 Å². The lowest BCUT2D eigenvalue weighted by atomic mass is 10.2. The number of aliphatic hydroxyl groups is 1. The summed E-state index contributed by atoms with van der Waals surface area (Å²) >= 11 is 4.78. The van der Waals surface area contributed by atoms with Crippen molar-refractivity contribution >= 4 is 23.5 Å². The van der Waals surface area contributed by atoms with Crippen LogP contribution in [-0.4, -0.2) is 23.4 Å². The Bertz CT molecular complexity index is 208. The summed E-state index contributed by atoms with van der Waals surface area (Å²) in [6.45, 7) is 0. The Balaban J connectivity index is 4.31. The standard InChI is InChI=1S/C7H9NO2S/c1-8-7(11)6(5-10)3-2-4-9/h2-5,10H,1H3,(H,8,11)/b3-2+,6-5-. The lowest BCUT2D eigenvalue weighted by Gasteiger charge is -1.99. The monoisotopic (exact) mass is 171 g/mol. The van der Waals surface area contributed by atoms with Gasteiger partial charge in [-0.15, -0.1) is 0 Å². The highest BCUT2D eigenvalue weighted by atomic mass is 32.1. The van der Waals surface area contributed by atoms with E-state index in [-0.39, 0.29) is 0 Å². The zero-order valence-corrected chi connectivity index (χ0v) is 6.89. The molecule has 0 bridgehead atoms. The number of aliphatic hydroxyl groups excluding tert-OH is 1. The van der Waals surface area contributed by atoms with Crippen molar-refractivity contribution in [2.75, 3.05) is 7.05 Å². The maximum Gasteiger partial charge on any atom is 0.142 e. The maximum atomic E-state index is 9.88. The maximum absolute atomic E-state index is 9.88. The number of rotatable bonds is 3. The summed E-state index contributed by atoms with van der Waals surface area (Å²) in [4.78, 5) is 10.3. The van der Waals surface area contributed by atoms with Crippen LogP contribution in [0.25, 0.3) is 0 Å². The smallest absolute Gasteiger partial charge is 0.142 e. The average Bonchev–Trinajstić information content (AvgIpc) is 2.05. The van der Waals surface area contributed by atoms with Gasteiger partial charge in [-0.2, -0.15) is 0 Å². The lowest BCUT2D eigenvalue weighted by Crippen LogP contribution is -2.16. The number of aldehydes is 1. The number of hydrogen-bond acceptors (Lipinski definition) is 3. The van der Waals surface area contributed by atoms with Gasteiger partial charge in [0.05, 0.1) is 6.26 Å². The molecule has 3 nitrogen and oxygen atoms in total. The third kappa shape index (κ3) is 3.52. The Morgan fingerprint density at radius 3 is 2.64 bits per heavy atom. The second-order valence-electron chi connectivity index (χ2n) is 1.66. The van der Waals surface area contributed by atoms with Crippen LogP contribution in [0.5, 0.6) is 0 Å². The van der Waals surface area contributed by atoms with Gasteiger partial charge < -0.3 is 10.4 Å².